The largest absolute Gasteiger partial charge is 0.493 e. The van der Waals surface area contributed by atoms with Crippen molar-refractivity contribution < 1.29 is 23.0 Å². The highest BCUT2D eigenvalue weighted by Crippen LogP contribution is 2.52. The van der Waals surface area contributed by atoms with Crippen molar-refractivity contribution in [2.45, 2.75) is 24.3 Å². The van der Waals surface area contributed by atoms with Gasteiger partial charge < -0.3 is 19.9 Å². The van der Waals surface area contributed by atoms with E-state index in [9.17, 15) is 8.78 Å². The first-order chi connectivity index (χ1) is 8.85. The summed E-state index contributed by atoms with van der Waals surface area (Å²) < 4.78 is 41.7. The summed E-state index contributed by atoms with van der Waals surface area (Å²) in [6.45, 7) is 0. The van der Waals surface area contributed by atoms with Crippen molar-refractivity contribution in [2.75, 3.05) is 21.3 Å². The molecule has 19 heavy (non-hydrogen) atoms. The van der Waals surface area contributed by atoms with Crippen LogP contribution in [0.4, 0.5) is 8.78 Å². The highest BCUT2D eigenvalue weighted by atomic mass is 19.3. The molecule has 0 aliphatic heterocycles. The van der Waals surface area contributed by atoms with Crippen molar-refractivity contribution in [3.05, 3.63) is 17.7 Å². The zero-order valence-corrected chi connectivity index (χ0v) is 11.1. The molecule has 2 N–H and O–H groups in total. The fourth-order valence-electron chi connectivity index (χ4n) is 2.44. The van der Waals surface area contributed by atoms with Crippen LogP contribution in [0, 0.1) is 0 Å². The van der Waals surface area contributed by atoms with E-state index in [0.717, 1.165) is 0 Å². The summed E-state index contributed by atoms with van der Waals surface area (Å²) in [5.74, 6) is -1.45. The van der Waals surface area contributed by atoms with E-state index in [2.05, 4.69) is 0 Å². The van der Waals surface area contributed by atoms with Crippen LogP contribution >= 0.6 is 0 Å². The van der Waals surface area contributed by atoms with Crippen LogP contribution < -0.4 is 19.9 Å². The van der Waals surface area contributed by atoms with Crippen LogP contribution in [0.5, 0.6) is 17.2 Å². The Hall–Kier alpha value is -1.56. The van der Waals surface area contributed by atoms with Gasteiger partial charge in [-0.25, -0.2) is 8.78 Å². The molecule has 1 fully saturated rings. The summed E-state index contributed by atoms with van der Waals surface area (Å²) in [4.78, 5) is 0. The molecule has 0 radical (unpaired) electrons. The van der Waals surface area contributed by atoms with Crippen molar-refractivity contribution in [1.82, 2.24) is 0 Å². The molecule has 1 aliphatic carbocycles. The lowest BCUT2D eigenvalue weighted by Crippen LogP contribution is -2.55. The summed E-state index contributed by atoms with van der Waals surface area (Å²) >= 11 is 0. The molecule has 0 saturated heterocycles. The average Bonchev–Trinajstić information content (AvgIpc) is 2.34. The lowest BCUT2D eigenvalue weighted by atomic mass is 9.70. The van der Waals surface area contributed by atoms with Crippen LogP contribution in [-0.2, 0) is 5.54 Å². The van der Waals surface area contributed by atoms with E-state index in [-0.39, 0.29) is 12.8 Å². The minimum atomic E-state index is -2.70. The van der Waals surface area contributed by atoms with E-state index in [1.807, 2.05) is 0 Å². The Labute approximate surface area is 110 Å². The molecule has 4 nitrogen and oxygen atoms in total. The Bertz CT molecular complexity index is 458. The molecule has 0 aromatic heterocycles. The first-order valence-corrected chi connectivity index (χ1v) is 5.82. The van der Waals surface area contributed by atoms with Crippen molar-refractivity contribution in [3.8, 4) is 17.2 Å². The zero-order chi connectivity index (χ0) is 14.3. The van der Waals surface area contributed by atoms with E-state index in [1.54, 1.807) is 12.1 Å². The van der Waals surface area contributed by atoms with E-state index in [0.29, 0.717) is 22.8 Å². The van der Waals surface area contributed by atoms with Gasteiger partial charge in [-0.2, -0.15) is 0 Å². The number of benzene rings is 1. The molecule has 0 unspecified atom stereocenters. The van der Waals surface area contributed by atoms with Gasteiger partial charge in [0.1, 0.15) is 0 Å². The third-order valence-corrected chi connectivity index (χ3v) is 3.39. The standard InChI is InChI=1S/C13H17F2NO3/c1-17-9-4-8(5-10(18-2)11(9)19-3)12(16)6-13(14,15)7-12/h4-5H,6-7,16H2,1-3H3. The second-order valence-electron chi connectivity index (χ2n) is 4.78. The van der Waals surface area contributed by atoms with Crippen molar-refractivity contribution >= 4 is 0 Å². The number of hydrogen-bond donors (Lipinski definition) is 1. The third kappa shape index (κ3) is 2.32. The minimum Gasteiger partial charge on any atom is -0.493 e. The number of hydrogen-bond acceptors (Lipinski definition) is 4. The number of ether oxygens (including phenoxy) is 3. The number of methoxy groups -OCH3 is 3. The van der Waals surface area contributed by atoms with Gasteiger partial charge >= 0.3 is 0 Å². The van der Waals surface area contributed by atoms with Crippen molar-refractivity contribution in [1.29, 1.82) is 0 Å². The van der Waals surface area contributed by atoms with Crippen molar-refractivity contribution in [3.63, 3.8) is 0 Å². The molecular formula is C13H17F2NO3. The summed E-state index contributed by atoms with van der Waals surface area (Å²) in [5, 5.41) is 0. The van der Waals surface area contributed by atoms with Crippen molar-refractivity contribution in [2.24, 2.45) is 5.73 Å². The molecule has 106 valence electrons. The van der Waals surface area contributed by atoms with Crippen LogP contribution in [0.15, 0.2) is 12.1 Å². The average molecular weight is 273 g/mol. The summed E-state index contributed by atoms with van der Waals surface area (Å²) in [6.07, 6.45) is -0.753. The molecule has 1 saturated carbocycles. The molecule has 0 spiro atoms. The van der Waals surface area contributed by atoms with Gasteiger partial charge in [-0.1, -0.05) is 0 Å². The quantitative estimate of drug-likeness (QED) is 0.914. The molecule has 2 rings (SSSR count). The molecule has 0 bridgehead atoms. The third-order valence-electron chi connectivity index (χ3n) is 3.39. The Morgan fingerprint density at radius 1 is 1.00 bits per heavy atom. The SMILES string of the molecule is COc1cc(C2(N)CC(F)(F)C2)cc(OC)c1OC. The predicted octanol–water partition coefficient (Wildman–Crippen LogP) is 2.30. The topological polar surface area (TPSA) is 53.7 Å². The smallest absolute Gasteiger partial charge is 0.252 e. The zero-order valence-electron chi connectivity index (χ0n) is 11.1. The van der Waals surface area contributed by atoms with Crippen LogP contribution in [0.25, 0.3) is 0 Å². The van der Waals surface area contributed by atoms with Gasteiger partial charge in [-0.05, 0) is 17.7 Å². The Kier molecular flexibility index (Phi) is 3.30. The Morgan fingerprint density at radius 3 is 1.79 bits per heavy atom. The van der Waals surface area contributed by atoms with Crippen LogP contribution in [-0.4, -0.2) is 27.3 Å². The fourth-order valence-corrected chi connectivity index (χ4v) is 2.44. The van der Waals surface area contributed by atoms with E-state index < -0.39 is 11.5 Å². The van der Waals surface area contributed by atoms with Gasteiger partial charge in [-0.3, -0.25) is 0 Å². The number of rotatable bonds is 4. The Morgan fingerprint density at radius 2 is 1.47 bits per heavy atom. The lowest BCUT2D eigenvalue weighted by Gasteiger charge is -2.45. The van der Waals surface area contributed by atoms with Gasteiger partial charge in [0.05, 0.1) is 26.9 Å². The van der Waals surface area contributed by atoms with Gasteiger partial charge in [-0.15, -0.1) is 0 Å². The monoisotopic (exact) mass is 273 g/mol. The first-order valence-electron chi connectivity index (χ1n) is 5.82. The normalized spacial score (nSPS) is 19.5. The maximum Gasteiger partial charge on any atom is 0.252 e. The molecule has 0 atom stereocenters. The molecule has 0 heterocycles. The van der Waals surface area contributed by atoms with E-state index in [4.69, 9.17) is 19.9 Å². The predicted molar refractivity (Wildman–Crippen MR) is 66.1 cm³/mol. The maximum absolute atomic E-state index is 13.1. The summed E-state index contributed by atoms with van der Waals surface area (Å²) in [6, 6.07) is 3.24. The highest BCUT2D eigenvalue weighted by Gasteiger charge is 2.55. The second-order valence-corrected chi connectivity index (χ2v) is 4.78. The molecule has 0 amide bonds. The van der Waals surface area contributed by atoms with Gasteiger partial charge in [0.2, 0.25) is 5.75 Å². The maximum atomic E-state index is 13.1. The summed E-state index contributed by atoms with van der Waals surface area (Å²) in [7, 11) is 4.43. The first kappa shape index (κ1) is 13.9. The van der Waals surface area contributed by atoms with Crippen LogP contribution in [0.1, 0.15) is 18.4 Å². The number of alkyl halides is 2. The van der Waals surface area contributed by atoms with Crippen LogP contribution in [0.2, 0.25) is 0 Å². The fraction of sp³-hybridized carbons (Fsp3) is 0.538. The molecular weight excluding hydrogens is 256 g/mol. The number of nitrogens with two attached hydrogens (primary N) is 1. The van der Waals surface area contributed by atoms with Crippen LogP contribution in [0.3, 0.4) is 0 Å². The van der Waals surface area contributed by atoms with Gasteiger partial charge in [0.25, 0.3) is 5.92 Å². The number of halogens is 2. The molecule has 1 aliphatic rings. The van der Waals surface area contributed by atoms with Gasteiger partial charge in [0.15, 0.2) is 11.5 Å². The molecule has 1 aromatic carbocycles. The lowest BCUT2D eigenvalue weighted by molar-refractivity contribution is -0.125. The highest BCUT2D eigenvalue weighted by molar-refractivity contribution is 5.55. The van der Waals surface area contributed by atoms with E-state index in [1.165, 1.54) is 21.3 Å². The molecule has 6 heteroatoms. The Balaban J connectivity index is 2.43. The van der Waals surface area contributed by atoms with E-state index >= 15 is 0 Å². The second kappa shape index (κ2) is 4.52. The van der Waals surface area contributed by atoms with Gasteiger partial charge in [0, 0.05) is 12.8 Å². The summed E-state index contributed by atoms with van der Waals surface area (Å²) in [5.41, 5.74) is 5.52. The minimum absolute atomic E-state index is 0.376. The molecule has 1 aromatic rings.